The summed E-state index contributed by atoms with van der Waals surface area (Å²) < 4.78 is 49.0. The Morgan fingerprint density at radius 2 is 1.87 bits per heavy atom. The van der Waals surface area contributed by atoms with Crippen molar-refractivity contribution in [2.45, 2.75) is 55.4 Å². The van der Waals surface area contributed by atoms with Gasteiger partial charge in [0.05, 0.1) is 27.8 Å². The fourth-order valence-corrected chi connectivity index (χ4v) is 5.22. The molecule has 2 aliphatic rings. The van der Waals surface area contributed by atoms with Crippen LogP contribution in [0.1, 0.15) is 65.9 Å². The second-order valence-electron chi connectivity index (χ2n) is 7.90. The van der Waals surface area contributed by atoms with Crippen molar-refractivity contribution in [2.75, 3.05) is 4.72 Å². The minimum absolute atomic E-state index is 0.00864. The summed E-state index contributed by atoms with van der Waals surface area (Å²) in [6.45, 7) is 0. The number of rotatable bonds is 7. The molecule has 9 heteroatoms. The standard InChI is InChI=1S/C22H21FN2O5S/c23-18-11-20(30-16-3-1-2-4-16)19(9-15(18)12-24)25-31(28,29)21-10-14(22(26)27)7-8-17(21)13-5-6-13/h7-11,13,16,25H,1-6H2,(H,26,27). The lowest BCUT2D eigenvalue weighted by atomic mass is 10.1. The number of sulfonamides is 1. The van der Waals surface area contributed by atoms with E-state index in [0.717, 1.165) is 56.7 Å². The van der Waals surface area contributed by atoms with Gasteiger partial charge in [0.25, 0.3) is 10.0 Å². The molecule has 0 bridgehead atoms. The summed E-state index contributed by atoms with van der Waals surface area (Å²) in [5.41, 5.74) is 0.0212. The first-order valence-electron chi connectivity index (χ1n) is 10.1. The molecule has 0 amide bonds. The van der Waals surface area contributed by atoms with E-state index in [-0.39, 0.29) is 39.5 Å². The van der Waals surface area contributed by atoms with Gasteiger partial charge in [-0.2, -0.15) is 5.26 Å². The van der Waals surface area contributed by atoms with Crippen LogP contribution in [0.5, 0.6) is 5.75 Å². The lowest BCUT2D eigenvalue weighted by molar-refractivity contribution is 0.0696. The van der Waals surface area contributed by atoms with E-state index >= 15 is 0 Å². The van der Waals surface area contributed by atoms with Crippen molar-refractivity contribution in [3.8, 4) is 11.8 Å². The molecule has 0 aliphatic heterocycles. The van der Waals surface area contributed by atoms with E-state index in [1.165, 1.54) is 12.1 Å². The minimum atomic E-state index is -4.22. The molecule has 0 radical (unpaired) electrons. The number of ether oxygens (including phenoxy) is 1. The van der Waals surface area contributed by atoms with Crippen LogP contribution >= 0.6 is 0 Å². The maximum Gasteiger partial charge on any atom is 0.335 e. The number of carboxylic acids is 1. The van der Waals surface area contributed by atoms with Crippen LogP contribution in [0, 0.1) is 17.1 Å². The average Bonchev–Trinajstić information content (AvgIpc) is 3.46. The highest BCUT2D eigenvalue weighted by atomic mass is 32.2. The Morgan fingerprint density at radius 3 is 2.48 bits per heavy atom. The lowest BCUT2D eigenvalue weighted by Crippen LogP contribution is -2.18. The summed E-state index contributed by atoms with van der Waals surface area (Å²) in [6.07, 6.45) is 4.97. The first-order valence-corrected chi connectivity index (χ1v) is 11.6. The summed E-state index contributed by atoms with van der Waals surface area (Å²) in [5, 5.41) is 18.5. The van der Waals surface area contributed by atoms with Crippen molar-refractivity contribution < 1.29 is 27.4 Å². The van der Waals surface area contributed by atoms with Crippen LogP contribution in [-0.4, -0.2) is 25.6 Å². The smallest absolute Gasteiger partial charge is 0.335 e. The van der Waals surface area contributed by atoms with Crippen LogP contribution < -0.4 is 9.46 Å². The monoisotopic (exact) mass is 444 g/mol. The van der Waals surface area contributed by atoms with E-state index in [2.05, 4.69) is 4.72 Å². The number of anilines is 1. The molecule has 7 nitrogen and oxygen atoms in total. The summed E-state index contributed by atoms with van der Waals surface area (Å²) in [5.74, 6) is -1.98. The second-order valence-corrected chi connectivity index (χ2v) is 9.55. The molecule has 2 aliphatic carbocycles. The zero-order valence-corrected chi connectivity index (χ0v) is 17.4. The number of nitrogens with one attached hydrogen (secondary N) is 1. The second kappa shape index (κ2) is 8.19. The molecule has 2 saturated carbocycles. The Labute approximate surface area is 179 Å². The summed E-state index contributed by atoms with van der Waals surface area (Å²) in [7, 11) is -4.22. The van der Waals surface area contributed by atoms with Crippen LogP contribution in [0.25, 0.3) is 0 Å². The number of carbonyl (C=O) groups is 1. The van der Waals surface area contributed by atoms with Crippen molar-refractivity contribution in [2.24, 2.45) is 0 Å². The van der Waals surface area contributed by atoms with Crippen molar-refractivity contribution in [1.29, 1.82) is 5.26 Å². The zero-order chi connectivity index (χ0) is 22.2. The van der Waals surface area contributed by atoms with Gasteiger partial charge < -0.3 is 9.84 Å². The Hall–Kier alpha value is -3.12. The highest BCUT2D eigenvalue weighted by Gasteiger charge is 2.32. The number of aromatic carboxylic acids is 1. The summed E-state index contributed by atoms with van der Waals surface area (Å²) in [4.78, 5) is 11.3. The van der Waals surface area contributed by atoms with Crippen LogP contribution in [0.2, 0.25) is 0 Å². The normalized spacial score (nSPS) is 16.6. The SMILES string of the molecule is N#Cc1cc(NS(=O)(=O)c2cc(C(=O)O)ccc2C2CC2)c(OC2CCCC2)cc1F. The number of halogens is 1. The highest BCUT2D eigenvalue weighted by molar-refractivity contribution is 7.92. The van der Waals surface area contributed by atoms with E-state index in [0.29, 0.717) is 5.56 Å². The number of hydrogen-bond acceptors (Lipinski definition) is 5. The molecule has 2 aromatic carbocycles. The fourth-order valence-electron chi connectivity index (χ4n) is 3.84. The maximum absolute atomic E-state index is 14.2. The predicted molar refractivity (Wildman–Crippen MR) is 110 cm³/mol. The van der Waals surface area contributed by atoms with Gasteiger partial charge in [-0.3, -0.25) is 4.72 Å². The van der Waals surface area contributed by atoms with Gasteiger partial charge in [0.15, 0.2) is 0 Å². The number of hydrogen-bond donors (Lipinski definition) is 2. The van der Waals surface area contributed by atoms with Gasteiger partial charge in [0.1, 0.15) is 17.6 Å². The molecule has 0 unspecified atom stereocenters. The molecule has 0 aromatic heterocycles. The predicted octanol–water partition coefficient (Wildman–Crippen LogP) is 4.40. The number of carboxylic acid groups (broad SMARTS) is 1. The molecule has 0 spiro atoms. The molecule has 0 atom stereocenters. The van der Waals surface area contributed by atoms with Crippen molar-refractivity contribution in [3.05, 3.63) is 52.8 Å². The maximum atomic E-state index is 14.2. The average molecular weight is 444 g/mol. The van der Waals surface area contributed by atoms with Crippen molar-refractivity contribution >= 4 is 21.7 Å². The molecule has 0 heterocycles. The zero-order valence-electron chi connectivity index (χ0n) is 16.6. The van der Waals surface area contributed by atoms with Gasteiger partial charge in [0.2, 0.25) is 0 Å². The third kappa shape index (κ3) is 4.49. The van der Waals surface area contributed by atoms with Gasteiger partial charge in [0, 0.05) is 6.07 Å². The quantitative estimate of drug-likeness (QED) is 0.654. The van der Waals surface area contributed by atoms with E-state index in [4.69, 9.17) is 4.74 Å². The van der Waals surface area contributed by atoms with Gasteiger partial charge >= 0.3 is 5.97 Å². The Balaban J connectivity index is 1.75. The van der Waals surface area contributed by atoms with E-state index in [1.807, 2.05) is 0 Å². The van der Waals surface area contributed by atoms with Gasteiger partial charge in [-0.1, -0.05) is 6.07 Å². The van der Waals surface area contributed by atoms with Crippen LogP contribution in [0.15, 0.2) is 35.2 Å². The number of nitriles is 1. The molecule has 2 aromatic rings. The topological polar surface area (TPSA) is 116 Å². The van der Waals surface area contributed by atoms with Crippen molar-refractivity contribution in [3.63, 3.8) is 0 Å². The number of benzene rings is 2. The largest absolute Gasteiger partial charge is 0.488 e. The summed E-state index contributed by atoms with van der Waals surface area (Å²) in [6, 6.07) is 7.87. The molecule has 2 N–H and O–H groups in total. The summed E-state index contributed by atoms with van der Waals surface area (Å²) >= 11 is 0. The third-order valence-corrected chi connectivity index (χ3v) is 7.02. The highest BCUT2D eigenvalue weighted by Crippen LogP contribution is 2.44. The molecule has 2 fully saturated rings. The Kier molecular flexibility index (Phi) is 5.58. The molecular formula is C22H21FN2O5S. The van der Waals surface area contributed by atoms with Crippen LogP contribution in [0.3, 0.4) is 0 Å². The third-order valence-electron chi connectivity index (χ3n) is 5.60. The van der Waals surface area contributed by atoms with Gasteiger partial charge in [-0.05, 0) is 68.2 Å². The first-order chi connectivity index (χ1) is 14.8. The van der Waals surface area contributed by atoms with Gasteiger partial charge in [-0.25, -0.2) is 17.6 Å². The molecular weight excluding hydrogens is 423 g/mol. The van der Waals surface area contributed by atoms with Crippen LogP contribution in [0.4, 0.5) is 10.1 Å². The minimum Gasteiger partial charge on any atom is -0.488 e. The van der Waals surface area contributed by atoms with E-state index in [1.54, 1.807) is 6.07 Å². The van der Waals surface area contributed by atoms with Gasteiger partial charge in [-0.15, -0.1) is 0 Å². The van der Waals surface area contributed by atoms with Crippen molar-refractivity contribution in [1.82, 2.24) is 0 Å². The lowest BCUT2D eigenvalue weighted by Gasteiger charge is -2.19. The van der Waals surface area contributed by atoms with E-state index in [9.17, 15) is 28.0 Å². The fraction of sp³-hybridized carbons (Fsp3) is 0.364. The molecule has 31 heavy (non-hydrogen) atoms. The number of nitrogens with zero attached hydrogens (tertiary/aromatic N) is 1. The molecule has 162 valence electrons. The molecule has 4 rings (SSSR count). The Morgan fingerprint density at radius 1 is 1.16 bits per heavy atom. The van der Waals surface area contributed by atoms with Crippen LogP contribution in [-0.2, 0) is 10.0 Å². The first kappa shape index (κ1) is 21.1. The molecule has 0 saturated heterocycles. The Bertz CT molecular complexity index is 1180. The van der Waals surface area contributed by atoms with E-state index < -0.39 is 21.8 Å².